The number of nitrogens with one attached hydrogen (secondary N) is 1. The molecule has 3 aromatic rings. The fourth-order valence-corrected chi connectivity index (χ4v) is 4.49. The van der Waals surface area contributed by atoms with Crippen LogP contribution in [0.2, 0.25) is 0 Å². The summed E-state index contributed by atoms with van der Waals surface area (Å²) in [4.78, 5) is 19.5. The molecule has 1 aliphatic heterocycles. The van der Waals surface area contributed by atoms with E-state index >= 15 is 0 Å². The molecule has 1 aromatic heterocycles. The van der Waals surface area contributed by atoms with Crippen molar-refractivity contribution in [3.8, 4) is 5.75 Å². The molecule has 1 N–H and O–H groups in total. The molecule has 0 radical (unpaired) electrons. The minimum atomic E-state index is -0.0793. The molecule has 1 atom stereocenters. The topological polar surface area (TPSA) is 54.5 Å². The van der Waals surface area contributed by atoms with Crippen molar-refractivity contribution in [3.05, 3.63) is 53.5 Å². The number of amides is 2. The summed E-state index contributed by atoms with van der Waals surface area (Å²) in [7, 11) is 0. The molecule has 2 amide bonds. The number of hydrogen-bond donors (Lipinski definition) is 1. The van der Waals surface area contributed by atoms with Crippen LogP contribution in [-0.2, 0) is 0 Å². The lowest BCUT2D eigenvalue weighted by Crippen LogP contribution is -2.34. The number of nitrogens with zero attached hydrogens (tertiary/aromatic N) is 2. The number of carbonyl (C=O) groups excluding carboxylic acids is 1. The Labute approximate surface area is 163 Å². The Balaban J connectivity index is 1.49. The Morgan fingerprint density at radius 2 is 2.19 bits per heavy atom. The number of anilines is 1. The largest absolute Gasteiger partial charge is 0.494 e. The predicted octanol–water partition coefficient (Wildman–Crippen LogP) is 5.45. The highest BCUT2D eigenvalue weighted by Gasteiger charge is 2.32. The molecule has 6 heteroatoms. The molecule has 27 heavy (non-hydrogen) atoms. The highest BCUT2D eigenvalue weighted by molar-refractivity contribution is 7.18. The van der Waals surface area contributed by atoms with Crippen molar-refractivity contribution >= 4 is 33.3 Å². The van der Waals surface area contributed by atoms with Gasteiger partial charge in [0, 0.05) is 18.3 Å². The quantitative estimate of drug-likeness (QED) is 0.639. The van der Waals surface area contributed by atoms with E-state index in [1.54, 1.807) is 11.3 Å². The van der Waals surface area contributed by atoms with Gasteiger partial charge in [0.25, 0.3) is 0 Å². The van der Waals surface area contributed by atoms with E-state index in [1.807, 2.05) is 47.4 Å². The van der Waals surface area contributed by atoms with Crippen LogP contribution >= 0.6 is 11.3 Å². The molecule has 0 saturated carbocycles. The molecule has 1 saturated heterocycles. The number of aromatic nitrogens is 1. The minimum absolute atomic E-state index is 0.0434. The molecule has 1 fully saturated rings. The van der Waals surface area contributed by atoms with Crippen LogP contribution in [0.3, 0.4) is 0 Å². The Morgan fingerprint density at radius 1 is 1.30 bits per heavy atom. The lowest BCUT2D eigenvalue weighted by molar-refractivity contribution is 0.207. The summed E-state index contributed by atoms with van der Waals surface area (Å²) in [6.07, 6.45) is 2.90. The third kappa shape index (κ3) is 3.90. The highest BCUT2D eigenvalue weighted by Crippen LogP contribution is 2.36. The van der Waals surface area contributed by atoms with Crippen LogP contribution in [0.4, 0.5) is 10.5 Å². The van der Waals surface area contributed by atoms with Crippen LogP contribution in [-0.4, -0.2) is 29.1 Å². The first-order valence-electron chi connectivity index (χ1n) is 9.40. The number of carbonyl (C=O) groups is 1. The average Bonchev–Trinajstić information content (AvgIpc) is 3.33. The van der Waals surface area contributed by atoms with Gasteiger partial charge < -0.3 is 15.0 Å². The maximum Gasteiger partial charge on any atom is 0.322 e. The van der Waals surface area contributed by atoms with E-state index in [0.717, 1.165) is 47.8 Å². The molecular weight excluding hydrogens is 358 g/mol. The summed E-state index contributed by atoms with van der Waals surface area (Å²) in [5.41, 5.74) is 1.76. The molecule has 2 heterocycles. The third-order valence-electron chi connectivity index (χ3n) is 4.67. The first kappa shape index (κ1) is 17.8. The first-order chi connectivity index (χ1) is 13.2. The normalized spacial score (nSPS) is 16.6. The fraction of sp³-hybridized carbons (Fsp3) is 0.333. The first-order valence-corrected chi connectivity index (χ1v) is 10.2. The Kier molecular flexibility index (Phi) is 5.25. The van der Waals surface area contributed by atoms with Gasteiger partial charge in [-0.2, -0.15) is 0 Å². The van der Waals surface area contributed by atoms with Gasteiger partial charge in [-0.3, -0.25) is 0 Å². The number of fused-ring (bicyclic) bond motifs is 1. The smallest absolute Gasteiger partial charge is 0.322 e. The number of ether oxygens (including phenoxy) is 1. The van der Waals surface area contributed by atoms with Gasteiger partial charge in [-0.15, -0.1) is 11.3 Å². The molecule has 0 bridgehead atoms. The van der Waals surface area contributed by atoms with Crippen LogP contribution in [0.1, 0.15) is 37.2 Å². The standard InChI is InChI=1S/C21H23N3O2S/c1-2-13-26-16-8-5-7-15(14-16)22-21(25)24-12-6-10-18(24)20-23-17-9-3-4-11-19(17)27-20/h3-5,7-9,11,14,18H,2,6,10,12-13H2,1H3,(H,22,25). The summed E-state index contributed by atoms with van der Waals surface area (Å²) in [5.74, 6) is 0.777. The number of likely N-dealkylation sites (tertiary alicyclic amines) is 1. The molecule has 5 nitrogen and oxygen atoms in total. The minimum Gasteiger partial charge on any atom is -0.494 e. The van der Waals surface area contributed by atoms with Crippen molar-refractivity contribution in [2.24, 2.45) is 0 Å². The molecule has 2 aromatic carbocycles. The molecule has 0 aliphatic carbocycles. The van der Waals surface area contributed by atoms with E-state index in [9.17, 15) is 4.79 Å². The van der Waals surface area contributed by atoms with Crippen molar-refractivity contribution in [1.29, 1.82) is 0 Å². The van der Waals surface area contributed by atoms with Crippen molar-refractivity contribution in [3.63, 3.8) is 0 Å². The second-order valence-corrected chi connectivity index (χ2v) is 7.74. The monoisotopic (exact) mass is 381 g/mol. The zero-order valence-electron chi connectivity index (χ0n) is 15.4. The highest BCUT2D eigenvalue weighted by atomic mass is 32.1. The van der Waals surface area contributed by atoms with Crippen LogP contribution in [0, 0.1) is 0 Å². The summed E-state index contributed by atoms with van der Waals surface area (Å²) in [6.45, 7) is 3.49. The summed E-state index contributed by atoms with van der Waals surface area (Å²) < 4.78 is 6.82. The molecule has 140 valence electrons. The van der Waals surface area contributed by atoms with Crippen molar-refractivity contribution in [2.45, 2.75) is 32.2 Å². The van der Waals surface area contributed by atoms with Crippen LogP contribution in [0.5, 0.6) is 5.75 Å². The van der Waals surface area contributed by atoms with Gasteiger partial charge in [0.15, 0.2) is 0 Å². The van der Waals surface area contributed by atoms with Crippen LogP contribution in [0.25, 0.3) is 10.2 Å². The number of thiazole rings is 1. The van der Waals surface area contributed by atoms with Gasteiger partial charge in [-0.25, -0.2) is 9.78 Å². The number of hydrogen-bond acceptors (Lipinski definition) is 4. The summed E-state index contributed by atoms with van der Waals surface area (Å²) in [5, 5.41) is 4.04. The predicted molar refractivity (Wildman–Crippen MR) is 110 cm³/mol. The van der Waals surface area contributed by atoms with E-state index in [0.29, 0.717) is 6.61 Å². The maximum absolute atomic E-state index is 12.9. The lowest BCUT2D eigenvalue weighted by atomic mass is 10.2. The molecule has 1 unspecified atom stereocenters. The van der Waals surface area contributed by atoms with Gasteiger partial charge in [0.05, 0.1) is 22.9 Å². The van der Waals surface area contributed by atoms with Gasteiger partial charge >= 0.3 is 6.03 Å². The van der Waals surface area contributed by atoms with E-state index in [4.69, 9.17) is 9.72 Å². The number of rotatable bonds is 5. The lowest BCUT2D eigenvalue weighted by Gasteiger charge is -2.23. The number of urea groups is 1. The Bertz CT molecular complexity index is 907. The van der Waals surface area contributed by atoms with E-state index in [-0.39, 0.29) is 12.1 Å². The van der Waals surface area contributed by atoms with Crippen molar-refractivity contribution in [2.75, 3.05) is 18.5 Å². The van der Waals surface area contributed by atoms with Gasteiger partial charge in [-0.05, 0) is 43.5 Å². The summed E-state index contributed by atoms with van der Waals surface area (Å²) >= 11 is 1.68. The fourth-order valence-electron chi connectivity index (χ4n) is 3.38. The average molecular weight is 382 g/mol. The van der Waals surface area contributed by atoms with Crippen molar-refractivity contribution in [1.82, 2.24) is 9.88 Å². The van der Waals surface area contributed by atoms with Gasteiger partial charge in [0.2, 0.25) is 0 Å². The zero-order valence-corrected chi connectivity index (χ0v) is 16.2. The molecule has 0 spiro atoms. The Hall–Kier alpha value is -2.60. The third-order valence-corrected chi connectivity index (χ3v) is 5.80. The van der Waals surface area contributed by atoms with Gasteiger partial charge in [0.1, 0.15) is 10.8 Å². The summed E-state index contributed by atoms with van der Waals surface area (Å²) in [6, 6.07) is 15.7. The molecule has 1 aliphatic rings. The Morgan fingerprint density at radius 3 is 3.04 bits per heavy atom. The van der Waals surface area contributed by atoms with Gasteiger partial charge in [-0.1, -0.05) is 25.1 Å². The SMILES string of the molecule is CCCOc1cccc(NC(=O)N2CCCC2c2nc3ccccc3s2)c1. The van der Waals surface area contributed by atoms with E-state index < -0.39 is 0 Å². The van der Waals surface area contributed by atoms with E-state index in [1.165, 1.54) is 4.70 Å². The van der Waals surface area contributed by atoms with Crippen LogP contribution in [0.15, 0.2) is 48.5 Å². The van der Waals surface area contributed by atoms with Crippen LogP contribution < -0.4 is 10.1 Å². The zero-order chi connectivity index (χ0) is 18.6. The number of benzene rings is 2. The second kappa shape index (κ2) is 7.96. The number of para-hydroxylation sites is 1. The molecular formula is C21H23N3O2S. The maximum atomic E-state index is 12.9. The van der Waals surface area contributed by atoms with E-state index in [2.05, 4.69) is 18.3 Å². The molecule has 4 rings (SSSR count). The second-order valence-electron chi connectivity index (χ2n) is 6.68. The van der Waals surface area contributed by atoms with Crippen molar-refractivity contribution < 1.29 is 9.53 Å².